The summed E-state index contributed by atoms with van der Waals surface area (Å²) < 4.78 is 5.44. The van der Waals surface area contributed by atoms with Crippen molar-refractivity contribution in [3.05, 3.63) is 29.3 Å². The minimum Gasteiger partial charge on any atom is -0.496 e. The molecule has 0 fully saturated rings. The molecular formula is C13H19NO. The number of rotatable bonds is 2. The Morgan fingerprint density at radius 1 is 1.47 bits per heavy atom. The number of methoxy groups -OCH3 is 1. The summed E-state index contributed by atoms with van der Waals surface area (Å²) in [6.07, 6.45) is 2.34. The van der Waals surface area contributed by atoms with Crippen LogP contribution < -0.4 is 10.5 Å². The molecule has 1 aliphatic rings. The molecule has 0 saturated carbocycles. The average Bonchev–Trinajstić information content (AvgIpc) is 2.29. The van der Waals surface area contributed by atoms with E-state index in [4.69, 9.17) is 10.5 Å². The van der Waals surface area contributed by atoms with E-state index in [2.05, 4.69) is 19.1 Å². The molecule has 1 aromatic rings. The van der Waals surface area contributed by atoms with Crippen molar-refractivity contribution in [1.82, 2.24) is 0 Å². The molecule has 0 radical (unpaired) electrons. The number of hydrogen-bond donors (Lipinski definition) is 1. The van der Waals surface area contributed by atoms with E-state index in [0.29, 0.717) is 11.8 Å². The van der Waals surface area contributed by atoms with Crippen molar-refractivity contribution in [3.8, 4) is 5.75 Å². The van der Waals surface area contributed by atoms with Gasteiger partial charge in [0.2, 0.25) is 0 Å². The van der Waals surface area contributed by atoms with Crippen LogP contribution in [0.2, 0.25) is 0 Å². The van der Waals surface area contributed by atoms with Gasteiger partial charge in [-0.15, -0.1) is 0 Å². The van der Waals surface area contributed by atoms with Gasteiger partial charge in [-0.3, -0.25) is 0 Å². The minimum absolute atomic E-state index is 0.523. The van der Waals surface area contributed by atoms with Gasteiger partial charge in [-0.25, -0.2) is 0 Å². The fourth-order valence-electron chi connectivity index (χ4n) is 2.65. The number of aryl methyl sites for hydroxylation is 1. The topological polar surface area (TPSA) is 35.2 Å². The Kier molecular flexibility index (Phi) is 2.96. The SMILES string of the molecule is COc1cccc2c1C(C)C(CN)CC2. The predicted octanol–water partition coefficient (Wildman–Crippen LogP) is 2.32. The van der Waals surface area contributed by atoms with Gasteiger partial charge < -0.3 is 10.5 Å². The molecule has 2 nitrogen and oxygen atoms in total. The standard InChI is InChI=1S/C13H19NO/c1-9-11(8-14)7-6-10-4-3-5-12(15-2)13(9)10/h3-5,9,11H,6-8,14H2,1-2H3. The van der Waals surface area contributed by atoms with Crippen molar-refractivity contribution in [2.24, 2.45) is 11.7 Å². The fraction of sp³-hybridized carbons (Fsp3) is 0.538. The summed E-state index contributed by atoms with van der Waals surface area (Å²) in [6.45, 7) is 3.04. The van der Waals surface area contributed by atoms with E-state index in [1.807, 2.05) is 6.07 Å². The summed E-state index contributed by atoms with van der Waals surface area (Å²) in [5, 5.41) is 0. The highest BCUT2D eigenvalue weighted by Gasteiger charge is 2.27. The van der Waals surface area contributed by atoms with Crippen molar-refractivity contribution in [2.45, 2.75) is 25.7 Å². The lowest BCUT2D eigenvalue weighted by Crippen LogP contribution is -2.26. The summed E-state index contributed by atoms with van der Waals surface area (Å²) in [6, 6.07) is 6.34. The first-order valence-corrected chi connectivity index (χ1v) is 5.63. The van der Waals surface area contributed by atoms with Gasteiger partial charge in [-0.1, -0.05) is 19.1 Å². The van der Waals surface area contributed by atoms with E-state index in [1.165, 1.54) is 17.5 Å². The number of nitrogens with two attached hydrogens (primary N) is 1. The fourth-order valence-corrected chi connectivity index (χ4v) is 2.65. The van der Waals surface area contributed by atoms with E-state index in [1.54, 1.807) is 7.11 Å². The largest absolute Gasteiger partial charge is 0.496 e. The van der Waals surface area contributed by atoms with Crippen molar-refractivity contribution < 1.29 is 4.74 Å². The Balaban J connectivity index is 2.43. The highest BCUT2D eigenvalue weighted by atomic mass is 16.5. The molecule has 0 bridgehead atoms. The molecule has 0 aromatic heterocycles. The first kappa shape index (κ1) is 10.5. The molecule has 15 heavy (non-hydrogen) atoms. The molecule has 0 spiro atoms. The van der Waals surface area contributed by atoms with E-state index in [0.717, 1.165) is 18.7 Å². The molecular weight excluding hydrogens is 186 g/mol. The van der Waals surface area contributed by atoms with Crippen molar-refractivity contribution >= 4 is 0 Å². The Hall–Kier alpha value is -1.02. The van der Waals surface area contributed by atoms with Crippen LogP contribution >= 0.6 is 0 Å². The van der Waals surface area contributed by atoms with Crippen LogP contribution in [0, 0.1) is 5.92 Å². The molecule has 0 aliphatic heterocycles. The maximum atomic E-state index is 5.80. The lowest BCUT2D eigenvalue weighted by atomic mass is 9.76. The van der Waals surface area contributed by atoms with E-state index in [9.17, 15) is 0 Å². The zero-order valence-electron chi connectivity index (χ0n) is 9.49. The van der Waals surface area contributed by atoms with Crippen LogP contribution in [0.25, 0.3) is 0 Å². The Morgan fingerprint density at radius 2 is 2.27 bits per heavy atom. The smallest absolute Gasteiger partial charge is 0.122 e. The monoisotopic (exact) mass is 205 g/mol. The molecule has 2 unspecified atom stereocenters. The highest BCUT2D eigenvalue weighted by molar-refractivity contribution is 5.44. The third-order valence-corrected chi connectivity index (χ3v) is 3.63. The second-order valence-corrected chi connectivity index (χ2v) is 4.36. The van der Waals surface area contributed by atoms with Gasteiger partial charge in [0.05, 0.1) is 7.11 Å². The van der Waals surface area contributed by atoms with E-state index >= 15 is 0 Å². The quantitative estimate of drug-likeness (QED) is 0.804. The summed E-state index contributed by atoms with van der Waals surface area (Å²) in [7, 11) is 1.74. The maximum absolute atomic E-state index is 5.80. The van der Waals surface area contributed by atoms with Gasteiger partial charge >= 0.3 is 0 Å². The molecule has 1 aromatic carbocycles. The van der Waals surface area contributed by atoms with Gasteiger partial charge in [-0.2, -0.15) is 0 Å². The van der Waals surface area contributed by atoms with Crippen LogP contribution in [0.15, 0.2) is 18.2 Å². The van der Waals surface area contributed by atoms with Crippen molar-refractivity contribution in [1.29, 1.82) is 0 Å². The zero-order chi connectivity index (χ0) is 10.8. The second kappa shape index (κ2) is 4.23. The van der Waals surface area contributed by atoms with Gasteiger partial charge in [-0.05, 0) is 42.9 Å². The number of hydrogen-bond acceptors (Lipinski definition) is 2. The summed E-state index contributed by atoms with van der Waals surface area (Å²) >= 11 is 0. The number of fused-ring (bicyclic) bond motifs is 1. The first-order valence-electron chi connectivity index (χ1n) is 5.63. The molecule has 2 atom stereocenters. The van der Waals surface area contributed by atoms with Crippen molar-refractivity contribution in [3.63, 3.8) is 0 Å². The molecule has 2 N–H and O–H groups in total. The lowest BCUT2D eigenvalue weighted by Gasteiger charge is -2.31. The van der Waals surface area contributed by atoms with Crippen LogP contribution in [0.1, 0.15) is 30.4 Å². The Morgan fingerprint density at radius 3 is 2.93 bits per heavy atom. The van der Waals surface area contributed by atoms with E-state index in [-0.39, 0.29) is 0 Å². The maximum Gasteiger partial charge on any atom is 0.122 e. The highest BCUT2D eigenvalue weighted by Crippen LogP contribution is 2.40. The molecule has 0 saturated heterocycles. The molecule has 2 rings (SSSR count). The molecule has 2 heteroatoms. The normalized spacial score (nSPS) is 24.7. The molecule has 1 aliphatic carbocycles. The summed E-state index contributed by atoms with van der Waals surface area (Å²) in [5.41, 5.74) is 8.61. The molecule has 0 amide bonds. The minimum atomic E-state index is 0.523. The van der Waals surface area contributed by atoms with Gasteiger partial charge in [0.15, 0.2) is 0 Å². The van der Waals surface area contributed by atoms with Gasteiger partial charge in [0.1, 0.15) is 5.75 Å². The van der Waals surface area contributed by atoms with Crippen LogP contribution in [0.4, 0.5) is 0 Å². The average molecular weight is 205 g/mol. The third-order valence-electron chi connectivity index (χ3n) is 3.63. The van der Waals surface area contributed by atoms with Gasteiger partial charge in [0, 0.05) is 5.56 Å². The van der Waals surface area contributed by atoms with Crippen LogP contribution in [-0.2, 0) is 6.42 Å². The van der Waals surface area contributed by atoms with Crippen LogP contribution in [0.3, 0.4) is 0 Å². The zero-order valence-corrected chi connectivity index (χ0v) is 9.49. The number of benzene rings is 1. The Labute approximate surface area is 91.4 Å². The van der Waals surface area contributed by atoms with Crippen LogP contribution in [0.5, 0.6) is 5.75 Å². The molecule has 82 valence electrons. The van der Waals surface area contributed by atoms with E-state index < -0.39 is 0 Å². The summed E-state index contributed by atoms with van der Waals surface area (Å²) in [4.78, 5) is 0. The van der Waals surface area contributed by atoms with Crippen LogP contribution in [-0.4, -0.2) is 13.7 Å². The van der Waals surface area contributed by atoms with Gasteiger partial charge in [0.25, 0.3) is 0 Å². The number of ether oxygens (including phenoxy) is 1. The predicted molar refractivity (Wildman–Crippen MR) is 62.3 cm³/mol. The first-order chi connectivity index (χ1) is 7.27. The van der Waals surface area contributed by atoms with Crippen molar-refractivity contribution in [2.75, 3.05) is 13.7 Å². The summed E-state index contributed by atoms with van der Waals surface area (Å²) in [5.74, 6) is 2.15. The third kappa shape index (κ3) is 1.74. The molecule has 0 heterocycles. The lowest BCUT2D eigenvalue weighted by molar-refractivity contribution is 0.364. The Bertz CT molecular complexity index is 334. The second-order valence-electron chi connectivity index (χ2n) is 4.36.